The maximum absolute atomic E-state index is 11.8. The molecule has 0 aliphatic carbocycles. The third-order valence-electron chi connectivity index (χ3n) is 2.38. The monoisotopic (exact) mass is 262 g/mol. The quantitative estimate of drug-likeness (QED) is 0.891. The number of carbonyl (C=O) groups excluding carboxylic acids is 1. The number of aromatic amines is 1. The molecule has 0 atom stereocenters. The normalized spacial score (nSPS) is 10.1. The molecule has 1 amide bonds. The van der Waals surface area contributed by atoms with Crippen LogP contribution in [0.3, 0.4) is 0 Å². The van der Waals surface area contributed by atoms with Crippen molar-refractivity contribution in [3.05, 3.63) is 63.5 Å². The van der Waals surface area contributed by atoms with E-state index >= 15 is 0 Å². The minimum atomic E-state index is -0.209. The molecular weight excluding hydrogens is 252 g/mol. The highest BCUT2D eigenvalue weighted by molar-refractivity contribution is 6.31. The molecule has 2 aromatic rings. The molecule has 2 N–H and O–H groups in total. The van der Waals surface area contributed by atoms with Gasteiger partial charge in [-0.15, -0.1) is 0 Å². The van der Waals surface area contributed by atoms with Gasteiger partial charge in [0.2, 0.25) is 11.5 Å². The van der Waals surface area contributed by atoms with Crippen LogP contribution in [0.4, 0.5) is 5.69 Å². The maximum atomic E-state index is 11.8. The number of hydrogen-bond donors (Lipinski definition) is 2. The number of amides is 1. The van der Waals surface area contributed by atoms with Crippen LogP contribution in [0.2, 0.25) is 5.02 Å². The number of nitrogens with one attached hydrogen (secondary N) is 2. The van der Waals surface area contributed by atoms with E-state index in [0.29, 0.717) is 10.7 Å². The third kappa shape index (κ3) is 3.21. The van der Waals surface area contributed by atoms with Crippen LogP contribution in [0.1, 0.15) is 5.56 Å². The van der Waals surface area contributed by atoms with E-state index in [1.165, 1.54) is 12.3 Å². The summed E-state index contributed by atoms with van der Waals surface area (Å²) in [5.74, 6) is -0.185. The van der Waals surface area contributed by atoms with E-state index in [1.54, 1.807) is 18.2 Å². The molecule has 0 bridgehead atoms. The van der Waals surface area contributed by atoms with Gasteiger partial charge in [-0.05, 0) is 17.7 Å². The van der Waals surface area contributed by atoms with Crippen LogP contribution in [-0.2, 0) is 11.2 Å². The zero-order valence-corrected chi connectivity index (χ0v) is 10.2. The summed E-state index contributed by atoms with van der Waals surface area (Å²) in [4.78, 5) is 25.1. The van der Waals surface area contributed by atoms with Gasteiger partial charge in [0.15, 0.2) is 0 Å². The number of halogens is 1. The number of anilines is 1. The Labute approximate surface area is 109 Å². The van der Waals surface area contributed by atoms with Crippen LogP contribution in [0.15, 0.2) is 47.4 Å². The van der Waals surface area contributed by atoms with Crippen molar-refractivity contribution in [2.75, 3.05) is 5.32 Å². The molecule has 0 unspecified atom stereocenters. The fourth-order valence-corrected chi connectivity index (χ4v) is 1.71. The Hall–Kier alpha value is -2.07. The number of rotatable bonds is 3. The standard InChI is InChI=1S/C13H11ClN2O2/c14-11-4-2-1-3-9(11)7-13(18)16-10-5-6-12(17)15-8-10/h1-6,8H,7H2,(H,15,17)(H,16,18). The van der Waals surface area contributed by atoms with Crippen LogP contribution < -0.4 is 10.9 Å². The van der Waals surface area contributed by atoms with Gasteiger partial charge in [0.05, 0.1) is 12.1 Å². The predicted molar refractivity (Wildman–Crippen MR) is 70.8 cm³/mol. The van der Waals surface area contributed by atoms with Gasteiger partial charge in [0.25, 0.3) is 0 Å². The summed E-state index contributed by atoms with van der Waals surface area (Å²) in [5.41, 5.74) is 1.10. The van der Waals surface area contributed by atoms with Crippen LogP contribution in [-0.4, -0.2) is 10.9 Å². The van der Waals surface area contributed by atoms with E-state index < -0.39 is 0 Å². The molecule has 0 fully saturated rings. The lowest BCUT2D eigenvalue weighted by atomic mass is 10.1. The van der Waals surface area contributed by atoms with Gasteiger partial charge in [0, 0.05) is 17.3 Å². The summed E-state index contributed by atoms with van der Waals surface area (Å²) in [6.07, 6.45) is 1.64. The summed E-state index contributed by atoms with van der Waals surface area (Å²) < 4.78 is 0. The molecule has 0 radical (unpaired) electrons. The van der Waals surface area contributed by atoms with Crippen molar-refractivity contribution < 1.29 is 4.79 Å². The molecule has 1 aromatic carbocycles. The summed E-state index contributed by atoms with van der Waals surface area (Å²) in [6.45, 7) is 0. The molecule has 0 aliphatic rings. The minimum Gasteiger partial charge on any atom is -0.327 e. The number of carbonyl (C=O) groups is 1. The highest BCUT2D eigenvalue weighted by atomic mass is 35.5. The van der Waals surface area contributed by atoms with Crippen molar-refractivity contribution in [3.63, 3.8) is 0 Å². The first-order chi connectivity index (χ1) is 8.65. The van der Waals surface area contributed by atoms with Gasteiger partial charge in [0.1, 0.15) is 0 Å². The average molecular weight is 263 g/mol. The van der Waals surface area contributed by atoms with Crippen LogP contribution in [0, 0.1) is 0 Å². The zero-order valence-electron chi connectivity index (χ0n) is 9.44. The van der Waals surface area contributed by atoms with Crippen molar-refractivity contribution in [1.82, 2.24) is 4.98 Å². The van der Waals surface area contributed by atoms with Crippen molar-refractivity contribution in [2.45, 2.75) is 6.42 Å². The Morgan fingerprint density at radius 2 is 2.00 bits per heavy atom. The summed E-state index contributed by atoms with van der Waals surface area (Å²) in [7, 11) is 0. The Bertz CT molecular complexity index is 602. The molecule has 0 aliphatic heterocycles. The first-order valence-electron chi connectivity index (χ1n) is 5.37. The number of H-pyrrole nitrogens is 1. The van der Waals surface area contributed by atoms with Crippen LogP contribution >= 0.6 is 11.6 Å². The van der Waals surface area contributed by atoms with E-state index in [4.69, 9.17) is 11.6 Å². The Balaban J connectivity index is 2.03. The minimum absolute atomic E-state index is 0.185. The lowest BCUT2D eigenvalue weighted by Gasteiger charge is -2.05. The lowest BCUT2D eigenvalue weighted by molar-refractivity contribution is -0.115. The molecule has 0 saturated heterocycles. The molecule has 0 saturated carbocycles. The second kappa shape index (κ2) is 5.51. The number of pyridine rings is 1. The Kier molecular flexibility index (Phi) is 3.79. The summed E-state index contributed by atoms with van der Waals surface area (Å²) >= 11 is 5.96. The molecule has 92 valence electrons. The zero-order chi connectivity index (χ0) is 13.0. The molecular formula is C13H11ClN2O2. The van der Waals surface area contributed by atoms with Crippen LogP contribution in [0.25, 0.3) is 0 Å². The first-order valence-corrected chi connectivity index (χ1v) is 5.75. The predicted octanol–water partition coefficient (Wildman–Crippen LogP) is 2.21. The second-order valence-electron chi connectivity index (χ2n) is 3.76. The maximum Gasteiger partial charge on any atom is 0.248 e. The van der Waals surface area contributed by atoms with E-state index in [2.05, 4.69) is 10.3 Å². The number of aromatic nitrogens is 1. The molecule has 0 spiro atoms. The molecule has 1 heterocycles. The van der Waals surface area contributed by atoms with Crippen molar-refractivity contribution >= 4 is 23.2 Å². The molecule has 1 aromatic heterocycles. The smallest absolute Gasteiger partial charge is 0.248 e. The number of benzene rings is 1. The van der Waals surface area contributed by atoms with Crippen LogP contribution in [0.5, 0.6) is 0 Å². The fourth-order valence-electron chi connectivity index (χ4n) is 1.51. The van der Waals surface area contributed by atoms with Gasteiger partial charge < -0.3 is 10.3 Å². The second-order valence-corrected chi connectivity index (χ2v) is 4.17. The third-order valence-corrected chi connectivity index (χ3v) is 2.75. The molecule has 18 heavy (non-hydrogen) atoms. The Morgan fingerprint density at radius 3 is 2.67 bits per heavy atom. The first kappa shape index (κ1) is 12.4. The topological polar surface area (TPSA) is 62.0 Å². The highest BCUT2D eigenvalue weighted by Gasteiger charge is 2.06. The van der Waals surface area contributed by atoms with Gasteiger partial charge >= 0.3 is 0 Å². The van der Waals surface area contributed by atoms with Crippen molar-refractivity contribution in [2.24, 2.45) is 0 Å². The molecule has 5 heteroatoms. The van der Waals surface area contributed by atoms with Gasteiger partial charge in [-0.2, -0.15) is 0 Å². The lowest BCUT2D eigenvalue weighted by Crippen LogP contribution is -2.15. The van der Waals surface area contributed by atoms with Crippen molar-refractivity contribution in [1.29, 1.82) is 0 Å². The van der Waals surface area contributed by atoms with Gasteiger partial charge in [-0.1, -0.05) is 29.8 Å². The highest BCUT2D eigenvalue weighted by Crippen LogP contribution is 2.15. The summed E-state index contributed by atoms with van der Waals surface area (Å²) in [5, 5.41) is 3.24. The SMILES string of the molecule is O=C(Cc1ccccc1Cl)Nc1ccc(=O)[nH]c1. The largest absolute Gasteiger partial charge is 0.327 e. The summed E-state index contributed by atoms with van der Waals surface area (Å²) in [6, 6.07) is 10.1. The van der Waals surface area contributed by atoms with E-state index in [1.807, 2.05) is 12.1 Å². The average Bonchev–Trinajstić information content (AvgIpc) is 2.35. The van der Waals surface area contributed by atoms with E-state index in [0.717, 1.165) is 5.56 Å². The van der Waals surface area contributed by atoms with Crippen molar-refractivity contribution in [3.8, 4) is 0 Å². The fraction of sp³-hybridized carbons (Fsp3) is 0.0769. The molecule has 2 rings (SSSR count). The van der Waals surface area contributed by atoms with E-state index in [9.17, 15) is 9.59 Å². The van der Waals surface area contributed by atoms with E-state index in [-0.39, 0.29) is 17.9 Å². The number of hydrogen-bond acceptors (Lipinski definition) is 2. The van der Waals surface area contributed by atoms with Gasteiger partial charge in [-0.25, -0.2) is 0 Å². The van der Waals surface area contributed by atoms with Gasteiger partial charge in [-0.3, -0.25) is 9.59 Å². The Morgan fingerprint density at radius 1 is 1.22 bits per heavy atom. The molecule has 4 nitrogen and oxygen atoms in total.